The van der Waals surface area contributed by atoms with E-state index in [1.165, 1.54) is 17.5 Å². The molecule has 3 nitrogen and oxygen atoms in total. The summed E-state index contributed by atoms with van der Waals surface area (Å²) >= 11 is 0. The van der Waals surface area contributed by atoms with Crippen LogP contribution in [0, 0.1) is 0 Å². The summed E-state index contributed by atoms with van der Waals surface area (Å²) in [7, 11) is 0. The van der Waals surface area contributed by atoms with Gasteiger partial charge in [-0.3, -0.25) is 0 Å². The van der Waals surface area contributed by atoms with Crippen LogP contribution in [-0.2, 0) is 6.42 Å². The van der Waals surface area contributed by atoms with Crippen LogP contribution in [0.5, 0.6) is 0 Å². The van der Waals surface area contributed by atoms with Crippen molar-refractivity contribution in [1.82, 2.24) is 9.97 Å². The lowest BCUT2D eigenvalue weighted by Gasteiger charge is -2.04. The van der Waals surface area contributed by atoms with Crippen LogP contribution in [0.3, 0.4) is 0 Å². The predicted octanol–water partition coefficient (Wildman–Crippen LogP) is 1.78. The second-order valence-electron chi connectivity index (χ2n) is 3.40. The predicted molar refractivity (Wildman–Crippen MR) is 56.7 cm³/mol. The van der Waals surface area contributed by atoms with Crippen molar-refractivity contribution in [1.29, 1.82) is 0 Å². The first kappa shape index (κ1) is 7.50. The zero-order valence-corrected chi connectivity index (χ0v) is 7.57. The average molecular weight is 183 g/mol. The van der Waals surface area contributed by atoms with Crippen molar-refractivity contribution in [2.24, 2.45) is 0 Å². The topological polar surface area (TPSA) is 51.8 Å². The van der Waals surface area contributed by atoms with E-state index in [-0.39, 0.29) is 0 Å². The fourth-order valence-electron chi connectivity index (χ4n) is 1.88. The summed E-state index contributed by atoms with van der Waals surface area (Å²) in [4.78, 5) is 8.25. The summed E-state index contributed by atoms with van der Waals surface area (Å²) in [5.74, 6) is 0.554. The van der Waals surface area contributed by atoms with Gasteiger partial charge in [-0.1, -0.05) is 18.2 Å². The maximum absolute atomic E-state index is 5.78. The molecule has 2 aromatic rings. The van der Waals surface area contributed by atoms with E-state index in [2.05, 4.69) is 28.2 Å². The molecule has 0 bridgehead atoms. The van der Waals surface area contributed by atoms with Gasteiger partial charge >= 0.3 is 0 Å². The number of aromatic nitrogens is 2. The lowest BCUT2D eigenvalue weighted by Crippen LogP contribution is -1.95. The summed E-state index contributed by atoms with van der Waals surface area (Å²) in [6.07, 6.45) is 6.76. The molecule has 14 heavy (non-hydrogen) atoms. The van der Waals surface area contributed by atoms with Gasteiger partial charge < -0.3 is 5.73 Å². The zero-order chi connectivity index (χ0) is 9.54. The third-order valence-corrected chi connectivity index (χ3v) is 2.59. The van der Waals surface area contributed by atoms with Gasteiger partial charge in [0, 0.05) is 10.9 Å². The number of nitrogen functional groups attached to an aromatic ring is 1. The molecule has 0 fully saturated rings. The minimum absolute atomic E-state index is 0.554. The smallest absolute Gasteiger partial charge is 0.134 e. The van der Waals surface area contributed by atoms with Crippen LogP contribution in [0.2, 0.25) is 0 Å². The summed E-state index contributed by atoms with van der Waals surface area (Å²) in [5, 5.41) is 0.942. The van der Waals surface area contributed by atoms with Gasteiger partial charge in [-0.15, -0.1) is 0 Å². The van der Waals surface area contributed by atoms with Crippen LogP contribution in [0.1, 0.15) is 11.1 Å². The van der Waals surface area contributed by atoms with Crippen LogP contribution < -0.4 is 5.73 Å². The average Bonchev–Trinajstić information content (AvgIpc) is 2.66. The van der Waals surface area contributed by atoms with Gasteiger partial charge in [-0.05, 0) is 18.1 Å². The van der Waals surface area contributed by atoms with Crippen molar-refractivity contribution in [2.45, 2.75) is 6.42 Å². The van der Waals surface area contributed by atoms with E-state index in [4.69, 9.17) is 5.73 Å². The van der Waals surface area contributed by atoms with Gasteiger partial charge in [0.2, 0.25) is 0 Å². The molecule has 2 N–H and O–H groups in total. The van der Waals surface area contributed by atoms with E-state index in [1.54, 1.807) is 0 Å². The molecule has 68 valence electrons. The molecule has 1 heterocycles. The molecule has 1 aromatic carbocycles. The maximum Gasteiger partial charge on any atom is 0.134 e. The van der Waals surface area contributed by atoms with Gasteiger partial charge in [-0.25, -0.2) is 9.97 Å². The van der Waals surface area contributed by atoms with E-state index in [0.29, 0.717) is 5.82 Å². The molecule has 0 amide bonds. The fraction of sp³-hybridized carbons (Fsp3) is 0.0909. The SMILES string of the molecule is Nc1ncnc2c3c(ccc12)CC=C3. The Labute approximate surface area is 81.3 Å². The van der Waals surface area contributed by atoms with E-state index in [9.17, 15) is 0 Å². The zero-order valence-electron chi connectivity index (χ0n) is 7.57. The molecule has 3 rings (SSSR count). The first-order valence-electron chi connectivity index (χ1n) is 4.55. The number of fused-ring (bicyclic) bond motifs is 3. The highest BCUT2D eigenvalue weighted by Crippen LogP contribution is 2.28. The third kappa shape index (κ3) is 0.865. The quantitative estimate of drug-likeness (QED) is 0.677. The van der Waals surface area contributed by atoms with Gasteiger partial charge in [0.05, 0.1) is 5.52 Å². The highest BCUT2D eigenvalue weighted by Gasteiger charge is 2.11. The van der Waals surface area contributed by atoms with Crippen molar-refractivity contribution in [3.8, 4) is 0 Å². The van der Waals surface area contributed by atoms with E-state index in [0.717, 1.165) is 17.3 Å². The lowest BCUT2D eigenvalue weighted by atomic mass is 10.1. The number of allylic oxidation sites excluding steroid dienone is 1. The molecule has 1 aliphatic carbocycles. The van der Waals surface area contributed by atoms with Crippen molar-refractivity contribution in [2.75, 3.05) is 5.73 Å². The van der Waals surface area contributed by atoms with Crippen LogP contribution in [0.15, 0.2) is 24.5 Å². The Kier molecular flexibility index (Phi) is 1.36. The standard InChI is InChI=1S/C11H9N3/c12-11-9-5-4-7-2-1-3-8(7)10(9)13-6-14-11/h1,3-6H,2H2,(H2,12,13,14). The lowest BCUT2D eigenvalue weighted by molar-refractivity contribution is 1.22. The van der Waals surface area contributed by atoms with E-state index in [1.807, 2.05) is 6.07 Å². The van der Waals surface area contributed by atoms with E-state index < -0.39 is 0 Å². The fourth-order valence-corrected chi connectivity index (χ4v) is 1.88. The van der Waals surface area contributed by atoms with Gasteiger partial charge in [0.15, 0.2) is 0 Å². The Hall–Kier alpha value is -1.90. The normalized spacial score (nSPS) is 13.4. The number of nitrogens with two attached hydrogens (primary N) is 1. The Morgan fingerprint density at radius 3 is 3.07 bits per heavy atom. The second-order valence-corrected chi connectivity index (χ2v) is 3.40. The number of nitrogens with zero attached hydrogens (tertiary/aromatic N) is 2. The maximum atomic E-state index is 5.78. The van der Waals surface area contributed by atoms with Crippen LogP contribution >= 0.6 is 0 Å². The summed E-state index contributed by atoms with van der Waals surface area (Å²) < 4.78 is 0. The van der Waals surface area contributed by atoms with Crippen molar-refractivity contribution >= 4 is 22.8 Å². The largest absolute Gasteiger partial charge is 0.383 e. The Morgan fingerprint density at radius 2 is 2.14 bits per heavy atom. The first-order chi connectivity index (χ1) is 6.86. The highest BCUT2D eigenvalue weighted by atomic mass is 14.9. The molecule has 0 atom stereocenters. The number of hydrogen-bond donors (Lipinski definition) is 1. The minimum Gasteiger partial charge on any atom is -0.383 e. The minimum atomic E-state index is 0.554. The molecule has 0 radical (unpaired) electrons. The van der Waals surface area contributed by atoms with Crippen LogP contribution in [0.4, 0.5) is 5.82 Å². The molecule has 0 unspecified atom stereocenters. The van der Waals surface area contributed by atoms with Gasteiger partial charge in [0.25, 0.3) is 0 Å². The summed E-state index contributed by atoms with van der Waals surface area (Å²) in [6, 6.07) is 4.09. The van der Waals surface area contributed by atoms with Crippen LogP contribution in [0.25, 0.3) is 17.0 Å². The van der Waals surface area contributed by atoms with E-state index >= 15 is 0 Å². The summed E-state index contributed by atoms with van der Waals surface area (Å²) in [6.45, 7) is 0. The number of benzene rings is 1. The Bertz CT molecular complexity index is 543. The number of rotatable bonds is 0. The molecule has 0 spiro atoms. The summed E-state index contributed by atoms with van der Waals surface area (Å²) in [5.41, 5.74) is 9.24. The molecular formula is C11H9N3. The molecule has 1 aromatic heterocycles. The molecule has 1 aliphatic rings. The molecule has 3 heteroatoms. The van der Waals surface area contributed by atoms with Crippen LogP contribution in [-0.4, -0.2) is 9.97 Å². The second kappa shape index (κ2) is 2.54. The monoisotopic (exact) mass is 183 g/mol. The highest BCUT2D eigenvalue weighted by molar-refractivity contribution is 5.95. The van der Waals surface area contributed by atoms with Gasteiger partial charge in [-0.2, -0.15) is 0 Å². The molecule has 0 saturated carbocycles. The molecule has 0 saturated heterocycles. The molecule has 0 aliphatic heterocycles. The Balaban J connectivity index is 2.50. The number of anilines is 1. The van der Waals surface area contributed by atoms with Gasteiger partial charge in [0.1, 0.15) is 12.1 Å². The molecular weight excluding hydrogens is 174 g/mol. The first-order valence-corrected chi connectivity index (χ1v) is 4.55. The van der Waals surface area contributed by atoms with Crippen molar-refractivity contribution in [3.05, 3.63) is 35.7 Å². The number of hydrogen-bond acceptors (Lipinski definition) is 3. The van der Waals surface area contributed by atoms with Crippen molar-refractivity contribution in [3.63, 3.8) is 0 Å². The Morgan fingerprint density at radius 1 is 1.21 bits per heavy atom. The third-order valence-electron chi connectivity index (χ3n) is 2.59. The van der Waals surface area contributed by atoms with Crippen molar-refractivity contribution < 1.29 is 0 Å².